The van der Waals surface area contributed by atoms with Crippen LogP contribution in [-0.2, 0) is 14.3 Å². The molecule has 0 saturated heterocycles. The van der Waals surface area contributed by atoms with Crippen molar-refractivity contribution in [3.05, 3.63) is 60.1 Å². The highest BCUT2D eigenvalue weighted by molar-refractivity contribution is 5.93. The lowest BCUT2D eigenvalue weighted by atomic mass is 10.1. The van der Waals surface area contributed by atoms with Crippen LogP contribution in [-0.4, -0.2) is 30.4 Å². The summed E-state index contributed by atoms with van der Waals surface area (Å²) in [5, 5.41) is 5.22. The summed E-state index contributed by atoms with van der Waals surface area (Å²) in [4.78, 5) is 36.2. The van der Waals surface area contributed by atoms with Gasteiger partial charge in [0.2, 0.25) is 6.10 Å². The van der Waals surface area contributed by atoms with Crippen LogP contribution in [0.4, 0.5) is 0 Å². The lowest BCUT2D eigenvalue weighted by Crippen LogP contribution is -2.36. The minimum Gasteiger partial charge on any atom is -0.459 e. The van der Waals surface area contributed by atoms with Gasteiger partial charge in [-0.25, -0.2) is 0 Å². The average molecular weight is 342 g/mol. The van der Waals surface area contributed by atoms with E-state index in [0.717, 1.165) is 12.8 Å². The number of carbonyl (C=O) groups is 3. The first kappa shape index (κ1) is 16.8. The average Bonchev–Trinajstić information content (AvgIpc) is 3.26. The number of hydrogen-bond acceptors (Lipinski definition) is 5. The van der Waals surface area contributed by atoms with E-state index in [1.165, 1.54) is 12.3 Å². The summed E-state index contributed by atoms with van der Waals surface area (Å²) in [7, 11) is 0. The van der Waals surface area contributed by atoms with Crippen molar-refractivity contribution >= 4 is 17.8 Å². The summed E-state index contributed by atoms with van der Waals surface area (Å²) in [6.45, 7) is -0.362. The molecule has 2 aromatic rings. The summed E-state index contributed by atoms with van der Waals surface area (Å²) in [5.41, 5.74) is 0.575. The Bertz CT molecular complexity index is 738. The smallest absolute Gasteiger partial charge is 0.326 e. The number of amides is 2. The van der Waals surface area contributed by atoms with Crippen LogP contribution in [0.3, 0.4) is 0 Å². The molecular weight excluding hydrogens is 324 g/mol. The van der Waals surface area contributed by atoms with Gasteiger partial charge in [0.25, 0.3) is 11.8 Å². The Morgan fingerprint density at radius 1 is 1.12 bits per heavy atom. The second kappa shape index (κ2) is 7.65. The highest BCUT2D eigenvalue weighted by Crippen LogP contribution is 2.23. The number of nitrogens with one attached hydrogen (secondary N) is 2. The first-order chi connectivity index (χ1) is 12.1. The zero-order chi connectivity index (χ0) is 17.6. The van der Waals surface area contributed by atoms with Crippen molar-refractivity contribution in [2.45, 2.75) is 25.0 Å². The van der Waals surface area contributed by atoms with Crippen LogP contribution in [0.25, 0.3) is 0 Å². The van der Waals surface area contributed by atoms with Crippen molar-refractivity contribution in [2.75, 3.05) is 6.54 Å². The highest BCUT2D eigenvalue weighted by atomic mass is 16.5. The van der Waals surface area contributed by atoms with Gasteiger partial charge < -0.3 is 19.8 Å². The summed E-state index contributed by atoms with van der Waals surface area (Å²) in [6.07, 6.45) is 2.18. The maximum absolute atomic E-state index is 12.4. The molecule has 1 saturated carbocycles. The van der Waals surface area contributed by atoms with Gasteiger partial charge in [-0.05, 0) is 25.0 Å². The molecular formula is C18H18N2O5. The van der Waals surface area contributed by atoms with Gasteiger partial charge in [0, 0.05) is 11.6 Å². The van der Waals surface area contributed by atoms with E-state index in [4.69, 9.17) is 9.15 Å². The molecule has 1 atom stereocenters. The van der Waals surface area contributed by atoms with Crippen molar-refractivity contribution in [2.24, 2.45) is 0 Å². The Balaban J connectivity index is 1.59. The van der Waals surface area contributed by atoms with Gasteiger partial charge in [0.1, 0.15) is 6.54 Å². The lowest BCUT2D eigenvalue weighted by Gasteiger charge is -2.18. The quantitative estimate of drug-likeness (QED) is 0.745. The van der Waals surface area contributed by atoms with E-state index >= 15 is 0 Å². The first-order valence-electron chi connectivity index (χ1n) is 8.00. The third kappa shape index (κ3) is 4.69. The van der Waals surface area contributed by atoms with Crippen molar-refractivity contribution < 1.29 is 23.5 Å². The molecule has 0 unspecified atom stereocenters. The maximum Gasteiger partial charge on any atom is 0.326 e. The summed E-state index contributed by atoms with van der Waals surface area (Å²) in [5.74, 6) is -1.50. The van der Waals surface area contributed by atoms with Gasteiger partial charge in [-0.15, -0.1) is 0 Å². The minimum absolute atomic E-state index is 0.0962. The van der Waals surface area contributed by atoms with E-state index in [-0.39, 0.29) is 24.3 Å². The minimum atomic E-state index is -1.05. The van der Waals surface area contributed by atoms with Gasteiger partial charge in [-0.3, -0.25) is 14.4 Å². The van der Waals surface area contributed by atoms with E-state index < -0.39 is 18.0 Å². The molecule has 3 rings (SSSR count). The van der Waals surface area contributed by atoms with E-state index in [0.29, 0.717) is 5.56 Å². The fourth-order valence-electron chi connectivity index (χ4n) is 2.23. The molecule has 7 nitrogen and oxygen atoms in total. The van der Waals surface area contributed by atoms with Crippen molar-refractivity contribution in [1.29, 1.82) is 0 Å². The number of benzene rings is 1. The highest BCUT2D eigenvalue weighted by Gasteiger charge is 2.30. The predicted molar refractivity (Wildman–Crippen MR) is 87.5 cm³/mol. The first-order valence-corrected chi connectivity index (χ1v) is 8.00. The standard InChI is InChI=1S/C18H18N2O5/c21-15(11-19-17(22)14-7-4-10-24-14)25-16(12-5-2-1-3-6-12)18(23)20-13-8-9-13/h1-7,10,13,16H,8-9,11H2,(H,19,22)(H,20,23)/t16-/m1/s1. The van der Waals surface area contributed by atoms with Crippen LogP contribution in [0.1, 0.15) is 35.1 Å². The van der Waals surface area contributed by atoms with Crippen LogP contribution < -0.4 is 10.6 Å². The molecule has 1 aliphatic carbocycles. The number of rotatable bonds is 7. The van der Waals surface area contributed by atoms with E-state index in [9.17, 15) is 14.4 Å². The molecule has 1 aliphatic rings. The van der Waals surface area contributed by atoms with Crippen molar-refractivity contribution in [1.82, 2.24) is 10.6 Å². The van der Waals surface area contributed by atoms with Gasteiger partial charge in [-0.1, -0.05) is 30.3 Å². The third-order valence-electron chi connectivity index (χ3n) is 3.65. The summed E-state index contributed by atoms with van der Waals surface area (Å²) >= 11 is 0. The molecule has 25 heavy (non-hydrogen) atoms. The van der Waals surface area contributed by atoms with Crippen LogP contribution >= 0.6 is 0 Å². The topological polar surface area (TPSA) is 97.6 Å². The molecule has 1 heterocycles. The number of hydrogen-bond donors (Lipinski definition) is 2. The lowest BCUT2D eigenvalue weighted by molar-refractivity contribution is -0.155. The van der Waals surface area contributed by atoms with Gasteiger partial charge in [0.05, 0.1) is 6.26 Å². The maximum atomic E-state index is 12.4. The van der Waals surface area contributed by atoms with Crippen LogP contribution in [0.2, 0.25) is 0 Å². The predicted octanol–water partition coefficient (Wildman–Crippen LogP) is 1.57. The van der Waals surface area contributed by atoms with E-state index in [1.54, 1.807) is 30.3 Å². The number of furan rings is 1. The molecule has 0 radical (unpaired) electrons. The molecule has 7 heteroatoms. The zero-order valence-electron chi connectivity index (χ0n) is 13.4. The third-order valence-corrected chi connectivity index (χ3v) is 3.65. The molecule has 2 amide bonds. The van der Waals surface area contributed by atoms with Crippen LogP contribution in [0.5, 0.6) is 0 Å². The molecule has 0 aliphatic heterocycles. The zero-order valence-corrected chi connectivity index (χ0v) is 13.4. The van der Waals surface area contributed by atoms with Crippen LogP contribution in [0, 0.1) is 0 Å². The Hall–Kier alpha value is -3.09. The molecule has 1 fully saturated rings. The second-order valence-corrected chi connectivity index (χ2v) is 5.72. The van der Waals surface area contributed by atoms with Crippen molar-refractivity contribution in [3.8, 4) is 0 Å². The fraction of sp³-hybridized carbons (Fsp3) is 0.278. The normalized spacial score (nSPS) is 14.4. The Morgan fingerprint density at radius 3 is 2.52 bits per heavy atom. The number of esters is 1. The van der Waals surface area contributed by atoms with Gasteiger partial charge in [-0.2, -0.15) is 0 Å². The summed E-state index contributed by atoms with van der Waals surface area (Å²) in [6, 6.07) is 12.0. The van der Waals surface area contributed by atoms with Gasteiger partial charge >= 0.3 is 5.97 Å². The Labute approximate surface area is 144 Å². The molecule has 1 aromatic heterocycles. The van der Waals surface area contributed by atoms with Crippen LogP contribution in [0.15, 0.2) is 53.1 Å². The molecule has 1 aromatic carbocycles. The molecule has 0 spiro atoms. The largest absolute Gasteiger partial charge is 0.459 e. The number of carbonyl (C=O) groups excluding carboxylic acids is 3. The Kier molecular flexibility index (Phi) is 5.13. The van der Waals surface area contributed by atoms with Gasteiger partial charge in [0.15, 0.2) is 5.76 Å². The Morgan fingerprint density at radius 2 is 1.88 bits per heavy atom. The number of ether oxygens (including phenoxy) is 1. The second-order valence-electron chi connectivity index (χ2n) is 5.72. The monoisotopic (exact) mass is 342 g/mol. The summed E-state index contributed by atoms with van der Waals surface area (Å²) < 4.78 is 10.2. The molecule has 130 valence electrons. The fourth-order valence-corrected chi connectivity index (χ4v) is 2.23. The molecule has 0 bridgehead atoms. The van der Waals surface area contributed by atoms with E-state index in [1.807, 2.05) is 6.07 Å². The van der Waals surface area contributed by atoms with E-state index in [2.05, 4.69) is 10.6 Å². The SMILES string of the molecule is O=C(CNC(=O)c1ccco1)O[C@@H](C(=O)NC1CC1)c1ccccc1. The van der Waals surface area contributed by atoms with Crippen molar-refractivity contribution in [3.63, 3.8) is 0 Å². The molecule has 2 N–H and O–H groups in total.